The predicted molar refractivity (Wildman–Crippen MR) is 103 cm³/mol. The smallest absolute Gasteiger partial charge is 0.246 e. The van der Waals surface area contributed by atoms with Crippen LogP contribution in [0, 0.1) is 12.7 Å². The number of piperazine rings is 1. The van der Waals surface area contributed by atoms with E-state index in [-0.39, 0.29) is 18.3 Å². The van der Waals surface area contributed by atoms with Crippen LogP contribution >= 0.6 is 0 Å². The van der Waals surface area contributed by atoms with E-state index in [1.807, 2.05) is 31.1 Å². The van der Waals surface area contributed by atoms with Crippen LogP contribution in [0.25, 0.3) is 0 Å². The topological polar surface area (TPSA) is 65.8 Å². The van der Waals surface area contributed by atoms with Gasteiger partial charge in [0.15, 0.2) is 5.96 Å². The van der Waals surface area contributed by atoms with Gasteiger partial charge >= 0.3 is 0 Å². The summed E-state index contributed by atoms with van der Waals surface area (Å²) in [6.45, 7) is 6.23. The van der Waals surface area contributed by atoms with E-state index in [2.05, 4.69) is 15.4 Å². The lowest BCUT2D eigenvalue weighted by atomic mass is 10.1. The number of carbonyl (C=O) groups is 1. The van der Waals surface area contributed by atoms with Gasteiger partial charge in [-0.05, 0) is 31.0 Å². The minimum atomic E-state index is -0.229. The van der Waals surface area contributed by atoms with Crippen LogP contribution in [0.15, 0.2) is 35.6 Å². The molecule has 1 N–H and O–H groups in total. The molecular formula is C19H25FN6O. The summed E-state index contributed by atoms with van der Waals surface area (Å²) in [5.41, 5.74) is 2.22. The van der Waals surface area contributed by atoms with Gasteiger partial charge < -0.3 is 15.1 Å². The van der Waals surface area contributed by atoms with Gasteiger partial charge in [-0.15, -0.1) is 0 Å². The van der Waals surface area contributed by atoms with Crippen molar-refractivity contribution in [1.82, 2.24) is 20.0 Å². The number of hydrogen-bond acceptors (Lipinski definition) is 3. The van der Waals surface area contributed by atoms with Crippen molar-refractivity contribution in [3.8, 4) is 0 Å². The maximum atomic E-state index is 13.7. The molecule has 0 saturated carbocycles. The van der Waals surface area contributed by atoms with Gasteiger partial charge in [-0.3, -0.25) is 9.48 Å². The summed E-state index contributed by atoms with van der Waals surface area (Å²) >= 11 is 0. The zero-order valence-corrected chi connectivity index (χ0v) is 15.9. The van der Waals surface area contributed by atoms with Crippen molar-refractivity contribution in [3.63, 3.8) is 0 Å². The number of amides is 1. The monoisotopic (exact) mass is 372 g/mol. The molecule has 0 atom stereocenters. The van der Waals surface area contributed by atoms with Gasteiger partial charge in [0.1, 0.15) is 12.4 Å². The highest BCUT2D eigenvalue weighted by Crippen LogP contribution is 2.16. The van der Waals surface area contributed by atoms with Crippen LogP contribution in [0.4, 0.5) is 10.1 Å². The molecule has 3 rings (SSSR count). The second kappa shape index (κ2) is 8.20. The fourth-order valence-corrected chi connectivity index (χ4v) is 3.00. The van der Waals surface area contributed by atoms with E-state index in [9.17, 15) is 9.18 Å². The van der Waals surface area contributed by atoms with Crippen LogP contribution < -0.4 is 10.2 Å². The van der Waals surface area contributed by atoms with Crippen molar-refractivity contribution in [2.24, 2.45) is 12.0 Å². The first-order valence-electron chi connectivity index (χ1n) is 9.05. The first-order valence-corrected chi connectivity index (χ1v) is 9.05. The van der Waals surface area contributed by atoms with Crippen LogP contribution in [-0.2, 0) is 18.4 Å². The molecule has 1 aromatic heterocycles. The molecule has 2 aromatic rings. The maximum absolute atomic E-state index is 13.7. The Hall–Kier alpha value is -2.90. The van der Waals surface area contributed by atoms with E-state index in [0.29, 0.717) is 37.7 Å². The third-order valence-corrected chi connectivity index (χ3v) is 4.51. The molecule has 1 aliphatic heterocycles. The fraction of sp³-hybridized carbons (Fsp3) is 0.421. The zero-order chi connectivity index (χ0) is 19.4. The zero-order valence-electron chi connectivity index (χ0n) is 15.9. The van der Waals surface area contributed by atoms with E-state index < -0.39 is 0 Å². The molecule has 144 valence electrons. The first-order chi connectivity index (χ1) is 13.0. The van der Waals surface area contributed by atoms with Crippen LogP contribution in [0.1, 0.15) is 18.1 Å². The number of anilines is 1. The predicted octanol–water partition coefficient (Wildman–Crippen LogP) is 1.68. The third kappa shape index (κ3) is 4.45. The summed E-state index contributed by atoms with van der Waals surface area (Å²) in [5.74, 6) is 0.437. The number of aryl methyl sites for hydroxylation is 2. The Kier molecular flexibility index (Phi) is 5.73. The van der Waals surface area contributed by atoms with Gasteiger partial charge in [-0.25, -0.2) is 9.38 Å². The minimum absolute atomic E-state index is 0.00114. The number of rotatable bonds is 4. The maximum Gasteiger partial charge on any atom is 0.246 e. The Bertz CT molecular complexity index is 846. The normalized spacial score (nSPS) is 15.4. The molecule has 0 bridgehead atoms. The SMILES string of the molecule is CCNC(=NCc1ccc(C)c(F)c1)N1CCN(c2cnn(C)c2)C(=O)C1. The molecule has 27 heavy (non-hydrogen) atoms. The Labute approximate surface area is 158 Å². The lowest BCUT2D eigenvalue weighted by molar-refractivity contribution is -0.120. The van der Waals surface area contributed by atoms with Gasteiger partial charge in [0, 0.05) is 32.9 Å². The van der Waals surface area contributed by atoms with Crippen molar-refractivity contribution in [2.75, 3.05) is 31.1 Å². The Morgan fingerprint density at radius 1 is 1.37 bits per heavy atom. The molecule has 0 aliphatic carbocycles. The minimum Gasteiger partial charge on any atom is -0.356 e. The van der Waals surface area contributed by atoms with E-state index in [0.717, 1.165) is 11.3 Å². The van der Waals surface area contributed by atoms with Gasteiger partial charge in [0.05, 0.1) is 18.4 Å². The number of aromatic nitrogens is 2. The van der Waals surface area contributed by atoms with E-state index >= 15 is 0 Å². The van der Waals surface area contributed by atoms with Crippen LogP contribution in [0.3, 0.4) is 0 Å². The summed E-state index contributed by atoms with van der Waals surface area (Å²) in [6, 6.07) is 5.13. The molecule has 1 amide bonds. The summed E-state index contributed by atoms with van der Waals surface area (Å²) in [6.07, 6.45) is 3.53. The first kappa shape index (κ1) is 18.9. The van der Waals surface area contributed by atoms with Gasteiger partial charge in [-0.1, -0.05) is 12.1 Å². The fourth-order valence-electron chi connectivity index (χ4n) is 3.00. The highest BCUT2D eigenvalue weighted by atomic mass is 19.1. The van der Waals surface area contributed by atoms with Crippen molar-refractivity contribution >= 4 is 17.6 Å². The average molecular weight is 372 g/mol. The summed E-state index contributed by atoms with van der Waals surface area (Å²) < 4.78 is 15.4. The van der Waals surface area contributed by atoms with E-state index in [4.69, 9.17) is 0 Å². The summed E-state index contributed by atoms with van der Waals surface area (Å²) in [5, 5.41) is 7.35. The van der Waals surface area contributed by atoms with Crippen molar-refractivity contribution in [3.05, 3.63) is 47.5 Å². The molecule has 8 heteroatoms. The Morgan fingerprint density at radius 2 is 2.19 bits per heavy atom. The molecule has 0 spiro atoms. The van der Waals surface area contributed by atoms with E-state index in [1.54, 1.807) is 28.8 Å². The molecule has 0 unspecified atom stereocenters. The third-order valence-electron chi connectivity index (χ3n) is 4.51. The molecule has 1 saturated heterocycles. The number of guanidine groups is 1. The second-order valence-corrected chi connectivity index (χ2v) is 6.59. The standard InChI is InChI=1S/C19H25FN6O/c1-4-21-19(22-10-15-6-5-14(2)17(20)9-15)25-7-8-26(18(27)13-25)16-11-23-24(3)12-16/h5-6,9,11-12H,4,7-8,10,13H2,1-3H3,(H,21,22). The number of nitrogens with zero attached hydrogens (tertiary/aromatic N) is 5. The van der Waals surface area contributed by atoms with Crippen molar-refractivity contribution in [2.45, 2.75) is 20.4 Å². The lowest BCUT2D eigenvalue weighted by Gasteiger charge is -2.35. The Balaban J connectivity index is 1.69. The second-order valence-electron chi connectivity index (χ2n) is 6.59. The molecule has 1 fully saturated rings. The molecule has 1 aliphatic rings. The van der Waals surface area contributed by atoms with Gasteiger partial charge in [0.25, 0.3) is 0 Å². The number of halogens is 1. The molecule has 0 radical (unpaired) electrons. The van der Waals surface area contributed by atoms with Crippen LogP contribution in [0.5, 0.6) is 0 Å². The summed E-state index contributed by atoms with van der Waals surface area (Å²) in [4.78, 5) is 20.9. The largest absolute Gasteiger partial charge is 0.356 e. The van der Waals surface area contributed by atoms with Crippen molar-refractivity contribution < 1.29 is 9.18 Å². The molecule has 2 heterocycles. The average Bonchev–Trinajstić information content (AvgIpc) is 3.07. The molecular weight excluding hydrogens is 347 g/mol. The number of benzene rings is 1. The molecule has 7 nitrogen and oxygen atoms in total. The van der Waals surface area contributed by atoms with Crippen molar-refractivity contribution in [1.29, 1.82) is 0 Å². The molecule has 1 aromatic carbocycles. The van der Waals surface area contributed by atoms with Crippen LogP contribution in [-0.4, -0.2) is 52.7 Å². The van der Waals surface area contributed by atoms with Gasteiger partial charge in [0.2, 0.25) is 5.91 Å². The Morgan fingerprint density at radius 3 is 2.81 bits per heavy atom. The van der Waals surface area contributed by atoms with E-state index in [1.165, 1.54) is 6.07 Å². The summed E-state index contributed by atoms with van der Waals surface area (Å²) in [7, 11) is 1.83. The van der Waals surface area contributed by atoms with Gasteiger partial charge in [-0.2, -0.15) is 5.10 Å². The number of nitrogens with one attached hydrogen (secondary N) is 1. The lowest BCUT2D eigenvalue weighted by Crippen LogP contribution is -2.55. The number of carbonyl (C=O) groups excluding carboxylic acids is 1. The van der Waals surface area contributed by atoms with Crippen LogP contribution in [0.2, 0.25) is 0 Å². The number of hydrogen-bond donors (Lipinski definition) is 1. The highest BCUT2D eigenvalue weighted by Gasteiger charge is 2.27. The quantitative estimate of drug-likeness (QED) is 0.655. The highest BCUT2D eigenvalue weighted by molar-refractivity contribution is 5.98. The number of aliphatic imine (C=N–C) groups is 1.